The van der Waals surface area contributed by atoms with E-state index >= 15 is 0 Å². The fourth-order valence-corrected chi connectivity index (χ4v) is 2.95. The van der Waals surface area contributed by atoms with Crippen LogP contribution in [0.1, 0.15) is 38.0 Å². The number of rotatable bonds is 7. The standard InChI is InChI=1S/C19H25NO3S/c1-19(2,3)15-5-7-16(8-6-15)23-12-18(21)20-11-17(22-4)14-9-10-24-13-14/h5-10,13,17H,11-12H2,1-4H3,(H,20,21). The summed E-state index contributed by atoms with van der Waals surface area (Å²) in [5, 5.41) is 6.86. The van der Waals surface area contributed by atoms with E-state index in [1.54, 1.807) is 18.4 Å². The van der Waals surface area contributed by atoms with Crippen LogP contribution in [0, 0.1) is 0 Å². The molecule has 4 nitrogen and oxygen atoms in total. The van der Waals surface area contributed by atoms with Crippen molar-refractivity contribution in [3.8, 4) is 5.75 Å². The maximum atomic E-state index is 11.9. The Kier molecular flexibility index (Phi) is 6.40. The molecule has 1 amide bonds. The summed E-state index contributed by atoms with van der Waals surface area (Å²) >= 11 is 1.61. The van der Waals surface area contributed by atoms with Gasteiger partial charge in [0.05, 0.1) is 0 Å². The molecule has 0 fully saturated rings. The van der Waals surface area contributed by atoms with Crippen LogP contribution in [0.2, 0.25) is 0 Å². The number of hydrogen-bond acceptors (Lipinski definition) is 4. The Morgan fingerprint density at radius 2 is 1.92 bits per heavy atom. The Hall–Kier alpha value is -1.85. The van der Waals surface area contributed by atoms with Crippen molar-refractivity contribution in [2.45, 2.75) is 32.3 Å². The molecule has 0 spiro atoms. The first-order valence-electron chi connectivity index (χ1n) is 7.95. The summed E-state index contributed by atoms with van der Waals surface area (Å²) in [6.07, 6.45) is -0.133. The summed E-state index contributed by atoms with van der Waals surface area (Å²) in [4.78, 5) is 11.9. The molecular weight excluding hydrogens is 322 g/mol. The van der Waals surface area contributed by atoms with E-state index in [1.165, 1.54) is 5.56 Å². The van der Waals surface area contributed by atoms with Gasteiger partial charge in [0, 0.05) is 13.7 Å². The first kappa shape index (κ1) is 18.5. The van der Waals surface area contributed by atoms with E-state index in [-0.39, 0.29) is 24.0 Å². The van der Waals surface area contributed by atoms with Crippen LogP contribution in [-0.2, 0) is 14.9 Å². The minimum Gasteiger partial charge on any atom is -0.484 e. The second kappa shape index (κ2) is 8.31. The van der Waals surface area contributed by atoms with Crippen molar-refractivity contribution in [2.75, 3.05) is 20.3 Å². The third-order valence-electron chi connectivity index (χ3n) is 3.77. The van der Waals surface area contributed by atoms with Crippen LogP contribution >= 0.6 is 11.3 Å². The summed E-state index contributed by atoms with van der Waals surface area (Å²) in [7, 11) is 1.64. The van der Waals surface area contributed by atoms with Crippen LogP contribution in [0.15, 0.2) is 41.1 Å². The maximum absolute atomic E-state index is 11.9. The van der Waals surface area contributed by atoms with Crippen molar-refractivity contribution in [1.29, 1.82) is 0 Å². The Morgan fingerprint density at radius 3 is 2.46 bits per heavy atom. The lowest BCUT2D eigenvalue weighted by atomic mass is 9.87. The number of carbonyl (C=O) groups is 1. The zero-order chi connectivity index (χ0) is 17.6. The van der Waals surface area contributed by atoms with Crippen LogP contribution in [0.5, 0.6) is 5.75 Å². The van der Waals surface area contributed by atoms with E-state index < -0.39 is 0 Å². The molecule has 0 aliphatic heterocycles. The molecule has 0 saturated carbocycles. The quantitative estimate of drug-likeness (QED) is 0.825. The smallest absolute Gasteiger partial charge is 0.258 e. The average Bonchev–Trinajstić information content (AvgIpc) is 3.07. The van der Waals surface area contributed by atoms with Gasteiger partial charge in [0.2, 0.25) is 0 Å². The van der Waals surface area contributed by atoms with E-state index in [0.29, 0.717) is 12.3 Å². The molecule has 2 aromatic rings. The summed E-state index contributed by atoms with van der Waals surface area (Å²) < 4.78 is 10.9. The lowest BCUT2D eigenvalue weighted by Crippen LogP contribution is -2.32. The largest absolute Gasteiger partial charge is 0.484 e. The van der Waals surface area contributed by atoms with Gasteiger partial charge in [-0.1, -0.05) is 32.9 Å². The van der Waals surface area contributed by atoms with Crippen molar-refractivity contribution in [3.05, 3.63) is 52.2 Å². The zero-order valence-corrected chi connectivity index (χ0v) is 15.5. The number of methoxy groups -OCH3 is 1. The number of amides is 1. The molecule has 0 aliphatic rings. The second-order valence-electron chi connectivity index (χ2n) is 6.65. The molecule has 1 atom stereocenters. The van der Waals surface area contributed by atoms with Crippen molar-refractivity contribution >= 4 is 17.2 Å². The molecular formula is C19H25NO3S. The summed E-state index contributed by atoms with van der Waals surface area (Å²) in [6.45, 7) is 6.91. The summed E-state index contributed by atoms with van der Waals surface area (Å²) in [5.41, 5.74) is 2.41. The molecule has 1 unspecified atom stereocenters. The van der Waals surface area contributed by atoms with Crippen molar-refractivity contribution in [1.82, 2.24) is 5.32 Å². The van der Waals surface area contributed by atoms with Gasteiger partial charge in [0.25, 0.3) is 5.91 Å². The molecule has 130 valence electrons. The van der Waals surface area contributed by atoms with Crippen LogP contribution in [0.4, 0.5) is 0 Å². The van der Waals surface area contributed by atoms with Gasteiger partial charge in [-0.25, -0.2) is 0 Å². The Balaban J connectivity index is 1.78. The minimum absolute atomic E-state index is 0.00502. The van der Waals surface area contributed by atoms with E-state index in [9.17, 15) is 4.79 Å². The summed E-state index contributed by atoms with van der Waals surface area (Å²) in [6, 6.07) is 9.86. The van der Waals surface area contributed by atoms with Crippen molar-refractivity contribution in [2.24, 2.45) is 0 Å². The zero-order valence-electron chi connectivity index (χ0n) is 14.7. The van der Waals surface area contributed by atoms with Gasteiger partial charge in [-0.15, -0.1) is 0 Å². The topological polar surface area (TPSA) is 47.6 Å². The molecule has 5 heteroatoms. The molecule has 1 heterocycles. The monoisotopic (exact) mass is 347 g/mol. The third kappa shape index (κ3) is 5.35. The van der Waals surface area contributed by atoms with Crippen LogP contribution in [0.25, 0.3) is 0 Å². The highest BCUT2D eigenvalue weighted by Gasteiger charge is 2.14. The van der Waals surface area contributed by atoms with E-state index in [2.05, 4.69) is 26.1 Å². The van der Waals surface area contributed by atoms with Gasteiger partial charge in [-0.05, 0) is 45.5 Å². The first-order valence-corrected chi connectivity index (χ1v) is 8.89. The lowest BCUT2D eigenvalue weighted by molar-refractivity contribution is -0.123. The van der Waals surface area contributed by atoms with Crippen LogP contribution in [0.3, 0.4) is 0 Å². The van der Waals surface area contributed by atoms with Gasteiger partial charge >= 0.3 is 0 Å². The average molecular weight is 347 g/mol. The molecule has 0 bridgehead atoms. The lowest BCUT2D eigenvalue weighted by Gasteiger charge is -2.19. The first-order chi connectivity index (χ1) is 11.4. The highest BCUT2D eigenvalue weighted by molar-refractivity contribution is 7.07. The second-order valence-corrected chi connectivity index (χ2v) is 7.43. The highest BCUT2D eigenvalue weighted by Crippen LogP contribution is 2.24. The minimum atomic E-state index is -0.160. The molecule has 1 N–H and O–H groups in total. The predicted octanol–water partition coefficient (Wildman–Crippen LogP) is 3.93. The van der Waals surface area contributed by atoms with Gasteiger partial charge in [0.1, 0.15) is 11.9 Å². The van der Waals surface area contributed by atoms with E-state index in [0.717, 1.165) is 5.56 Å². The molecule has 0 saturated heterocycles. The third-order valence-corrected chi connectivity index (χ3v) is 4.48. The Morgan fingerprint density at radius 1 is 1.21 bits per heavy atom. The number of carbonyl (C=O) groups excluding carboxylic acids is 1. The van der Waals surface area contributed by atoms with Crippen molar-refractivity contribution < 1.29 is 14.3 Å². The number of ether oxygens (including phenoxy) is 2. The number of nitrogens with one attached hydrogen (secondary N) is 1. The number of thiophene rings is 1. The van der Waals surface area contributed by atoms with Gasteiger partial charge < -0.3 is 14.8 Å². The maximum Gasteiger partial charge on any atom is 0.258 e. The molecule has 0 aliphatic carbocycles. The van der Waals surface area contributed by atoms with E-state index in [1.807, 2.05) is 41.1 Å². The normalized spacial score (nSPS) is 12.7. The fourth-order valence-electron chi connectivity index (χ4n) is 2.25. The van der Waals surface area contributed by atoms with Crippen LogP contribution < -0.4 is 10.1 Å². The number of benzene rings is 1. The molecule has 2 rings (SSSR count). The highest BCUT2D eigenvalue weighted by atomic mass is 32.1. The van der Waals surface area contributed by atoms with Gasteiger partial charge in [-0.3, -0.25) is 4.79 Å². The van der Waals surface area contributed by atoms with Crippen molar-refractivity contribution in [3.63, 3.8) is 0 Å². The summed E-state index contributed by atoms with van der Waals surface area (Å²) in [5.74, 6) is 0.534. The Bertz CT molecular complexity index is 630. The fraction of sp³-hybridized carbons (Fsp3) is 0.421. The SMILES string of the molecule is COC(CNC(=O)COc1ccc(C(C)(C)C)cc1)c1ccsc1. The van der Waals surface area contributed by atoms with E-state index in [4.69, 9.17) is 9.47 Å². The molecule has 1 aromatic heterocycles. The molecule has 1 aromatic carbocycles. The predicted molar refractivity (Wildman–Crippen MR) is 97.7 cm³/mol. The Labute approximate surface area is 147 Å². The van der Waals surface area contributed by atoms with Crippen LogP contribution in [-0.4, -0.2) is 26.2 Å². The number of hydrogen-bond donors (Lipinski definition) is 1. The molecule has 24 heavy (non-hydrogen) atoms. The van der Waals surface area contributed by atoms with Gasteiger partial charge in [0.15, 0.2) is 6.61 Å². The molecule has 0 radical (unpaired) electrons. The van der Waals surface area contributed by atoms with Gasteiger partial charge in [-0.2, -0.15) is 11.3 Å².